The van der Waals surface area contributed by atoms with Gasteiger partial charge in [0.15, 0.2) is 0 Å². The fourth-order valence-corrected chi connectivity index (χ4v) is 15.5. The Hall–Kier alpha value is -12.4. The quantitative estimate of drug-likeness (QED) is 0.0156. The predicted octanol–water partition coefficient (Wildman–Crippen LogP) is 11.0. The van der Waals surface area contributed by atoms with Gasteiger partial charge in [0.1, 0.15) is 44.7 Å². The van der Waals surface area contributed by atoms with Crippen LogP contribution in [0.4, 0.5) is 0 Å². The van der Waals surface area contributed by atoms with Crippen molar-refractivity contribution in [3.8, 4) is 34.1 Å². The summed E-state index contributed by atoms with van der Waals surface area (Å²) in [4.78, 5) is 111. The average Bonchev–Trinajstić information content (AvgIpc) is 1.73. The van der Waals surface area contributed by atoms with Gasteiger partial charge in [0.05, 0.1) is 64.1 Å². The van der Waals surface area contributed by atoms with E-state index >= 15 is 0 Å². The number of aromatic nitrogens is 24. The summed E-state index contributed by atoms with van der Waals surface area (Å²) in [6, 6.07) is 34.0. The van der Waals surface area contributed by atoms with Gasteiger partial charge in [-0.25, -0.2) is 28.8 Å². The fraction of sp³-hybridized carbons (Fsp3) is 0.422. The van der Waals surface area contributed by atoms with Gasteiger partial charge in [0, 0.05) is 118 Å². The largest absolute Gasteiger partial charge is 0.482 e. The van der Waals surface area contributed by atoms with Gasteiger partial charge in [-0.3, -0.25) is 0 Å². The Kier molecular flexibility index (Phi) is 42.5. The summed E-state index contributed by atoms with van der Waals surface area (Å²) in [6.07, 6.45) is 18.9. The number of hydrogen-bond acceptors (Lipinski definition) is 38. The van der Waals surface area contributed by atoms with E-state index < -0.39 is 0 Å². The summed E-state index contributed by atoms with van der Waals surface area (Å²) in [5, 5.41) is 70.9. The molecule has 1 aliphatic rings. The molecule has 133 heavy (non-hydrogen) atoms. The van der Waals surface area contributed by atoms with Gasteiger partial charge in [-0.05, 0) is 246 Å². The Labute approximate surface area is 796 Å². The lowest BCUT2D eigenvalue weighted by atomic mass is 10.2. The lowest BCUT2D eigenvalue weighted by Crippen LogP contribution is -2.23. The SMILES string of the molecule is CCC(C)=NOCc1c(SC)cccc1-n1nnn(C)c1=O.CCCC(C)=NOCc1c(SC)cccc1-n1nnn(C)c1=O.COC(C)=NOCc1c(SC)cccc1-n1nnn(C)c1=O.CSC(C)=NOCc1c(SC)cccc1-n1nnn(C)c1=O.CSc1cccc(-n2nnn(C)c2=O)c1CON=C(C)C.CSc1cccc(-n2nnn(C)c2=O)c1CON=C(C)C1CC1. The standard InChI is InChI=1S/C15H19N5O2S.C15H21N5O2S.C14H19N5O2S.C13H17N5O3S.C13H17N5O2S2.C13H17N5O2S/c1-10(11-7-8-11)16-22-9-12-13(5-4-6-14(12)23-3)20-15(21)19(2)17-18-20;1-5-7-11(2)16-22-10-12-13(8-6-9-14(12)23-4)20-15(21)19(3)17-18-20;1-5-10(2)15-21-9-11-12(7-6-8-13(11)22-4)19-14(20)18(3)16-17-19;1-9(20-3)14-21-8-10-11(6-5-7-12(10)22-4)18-13(19)17(2)15-16-18;1-9(21-3)14-20-8-10-11(6-5-7-12(10)22-4)18-13(19)17(2)15-16-18;1-9(2)14-20-8-10-11(6-5-7-12(10)21-4)18-13(19)17(3)15-16-18/h4-6,11H,7-9H2,1-3H3;6,8-9H,5,7,10H2,1-4H3;6-8H,5,9H2,1-4H3;2*5-7H,8H2,1-4H3;5-7H,8H2,1-4H3. The molecule has 1 aliphatic carbocycles. The van der Waals surface area contributed by atoms with Crippen molar-refractivity contribution in [2.24, 2.45) is 79.1 Å². The summed E-state index contributed by atoms with van der Waals surface area (Å²) in [5.41, 5.74) is 11.0. The van der Waals surface area contributed by atoms with Crippen molar-refractivity contribution in [2.75, 3.05) is 50.9 Å². The van der Waals surface area contributed by atoms with E-state index in [0.29, 0.717) is 52.5 Å². The normalized spacial score (nSPS) is 12.1. The van der Waals surface area contributed by atoms with Gasteiger partial charge in [-0.15, -0.1) is 82.3 Å². The number of aryl methyl sites for hydroxylation is 6. The van der Waals surface area contributed by atoms with E-state index in [1.54, 1.807) is 126 Å². The van der Waals surface area contributed by atoms with Crippen molar-refractivity contribution in [1.82, 2.24) is 119 Å². The number of hydrogen-bond donors (Lipinski definition) is 0. The minimum Gasteiger partial charge on any atom is -0.482 e. The molecule has 0 atom stereocenters. The first-order chi connectivity index (χ1) is 64.0. The number of nitrogens with zero attached hydrogens (tertiary/aromatic N) is 30. The minimum absolute atomic E-state index is 0.191. The summed E-state index contributed by atoms with van der Waals surface area (Å²) >= 11 is 11.0. The molecule has 12 aromatic rings. The topological polar surface area (TPSA) is 455 Å². The van der Waals surface area contributed by atoms with Crippen LogP contribution in [0.5, 0.6) is 0 Å². The summed E-state index contributed by atoms with van der Waals surface area (Å²) in [5.74, 6) is 0.993. The molecule has 0 unspecified atom stereocenters. The maximum Gasteiger partial charge on any atom is 0.368 e. The number of tetrazole rings is 6. The van der Waals surface area contributed by atoms with Crippen LogP contribution in [0.15, 0.2) is 198 Å². The van der Waals surface area contributed by atoms with Crippen LogP contribution in [0.2, 0.25) is 0 Å². The second kappa shape index (κ2) is 53.3. The third kappa shape index (κ3) is 29.3. The molecule has 50 heteroatoms. The Bertz CT molecular complexity index is 6140. The lowest BCUT2D eigenvalue weighted by molar-refractivity contribution is 0.120. The number of benzene rings is 6. The molecule has 712 valence electrons. The number of thioether (sulfide) groups is 7. The maximum absolute atomic E-state index is 12.1. The maximum atomic E-state index is 12.1. The van der Waals surface area contributed by atoms with E-state index in [9.17, 15) is 28.8 Å². The molecule has 1 fully saturated rings. The highest BCUT2D eigenvalue weighted by molar-refractivity contribution is 8.13. The number of oxime groups is 6. The number of ether oxygens (including phenoxy) is 1. The first-order valence-electron chi connectivity index (χ1n) is 40.9. The first kappa shape index (κ1) is 106. The Morgan fingerprint density at radius 1 is 0.331 bits per heavy atom. The van der Waals surface area contributed by atoms with E-state index in [2.05, 4.69) is 100 Å². The number of rotatable bonds is 34. The lowest BCUT2D eigenvalue weighted by Gasteiger charge is -2.11. The highest BCUT2D eigenvalue weighted by atomic mass is 32.2. The van der Waals surface area contributed by atoms with Crippen LogP contribution in [-0.2, 0) is 116 Å². The van der Waals surface area contributed by atoms with Gasteiger partial charge >= 0.3 is 34.1 Å². The summed E-state index contributed by atoms with van der Waals surface area (Å²) in [7, 11) is 10.9. The van der Waals surface area contributed by atoms with Crippen LogP contribution in [0.3, 0.4) is 0 Å². The van der Waals surface area contributed by atoms with Crippen molar-refractivity contribution in [3.05, 3.63) is 205 Å². The van der Waals surface area contributed by atoms with Gasteiger partial charge < -0.3 is 33.8 Å². The van der Waals surface area contributed by atoms with Gasteiger partial charge in [0.25, 0.3) is 0 Å². The molecule has 0 spiro atoms. The third-order valence-corrected chi connectivity index (χ3v) is 24.7. The second-order valence-corrected chi connectivity index (χ2v) is 34.7. The van der Waals surface area contributed by atoms with E-state index in [1.807, 2.05) is 195 Å². The van der Waals surface area contributed by atoms with Gasteiger partial charge in [-0.2, -0.15) is 56.2 Å². The summed E-state index contributed by atoms with van der Waals surface area (Å²) < 4.78 is 19.7. The molecular formula is C83H110N30O13S7. The summed E-state index contributed by atoms with van der Waals surface area (Å²) in [6.45, 7) is 18.8. The highest BCUT2D eigenvalue weighted by Gasteiger charge is 2.26. The Morgan fingerprint density at radius 2 is 0.571 bits per heavy atom. The average molecular weight is 1960 g/mol. The van der Waals surface area contributed by atoms with Crippen LogP contribution >= 0.6 is 82.3 Å². The Balaban J connectivity index is 0.000000197. The zero-order chi connectivity index (χ0) is 97.0. The van der Waals surface area contributed by atoms with E-state index in [1.165, 1.54) is 87.9 Å². The van der Waals surface area contributed by atoms with E-state index in [-0.39, 0.29) is 67.2 Å². The van der Waals surface area contributed by atoms with Crippen molar-refractivity contribution < 1.29 is 33.8 Å². The van der Waals surface area contributed by atoms with Crippen molar-refractivity contribution >= 4 is 116 Å². The van der Waals surface area contributed by atoms with E-state index in [4.69, 9.17) is 33.8 Å². The van der Waals surface area contributed by atoms with Crippen molar-refractivity contribution in [3.63, 3.8) is 0 Å². The molecule has 0 radical (unpaired) electrons. The molecule has 0 saturated heterocycles. The molecular weight excluding hydrogens is 1850 g/mol. The minimum atomic E-state index is -0.323. The van der Waals surface area contributed by atoms with E-state index in [0.717, 1.165) is 110 Å². The van der Waals surface area contributed by atoms with Crippen LogP contribution < -0.4 is 34.1 Å². The van der Waals surface area contributed by atoms with Crippen molar-refractivity contribution in [2.45, 2.75) is 163 Å². The molecule has 13 rings (SSSR count). The zero-order valence-corrected chi connectivity index (χ0v) is 84.0. The molecule has 0 aliphatic heterocycles. The molecule has 43 nitrogen and oxygen atoms in total. The van der Waals surface area contributed by atoms with Crippen LogP contribution in [0.25, 0.3) is 34.1 Å². The predicted molar refractivity (Wildman–Crippen MR) is 522 cm³/mol. The van der Waals surface area contributed by atoms with Crippen molar-refractivity contribution in [1.29, 1.82) is 0 Å². The number of methoxy groups -OCH3 is 1. The van der Waals surface area contributed by atoms with Crippen LogP contribution in [0, 0.1) is 5.92 Å². The molecule has 6 aromatic carbocycles. The van der Waals surface area contributed by atoms with Crippen LogP contribution in [-0.4, -0.2) is 203 Å². The fourth-order valence-electron chi connectivity index (χ4n) is 11.7. The monoisotopic (exact) mass is 1960 g/mol. The van der Waals surface area contributed by atoms with Gasteiger partial charge in [-0.1, -0.05) is 87.6 Å². The molecule has 0 N–H and O–H groups in total. The highest BCUT2D eigenvalue weighted by Crippen LogP contribution is 2.34. The Morgan fingerprint density at radius 3 is 0.782 bits per heavy atom. The first-order valence-corrected chi connectivity index (χ1v) is 49.5. The third-order valence-electron chi connectivity index (χ3n) is 19.1. The molecule has 0 amide bonds. The second-order valence-electron chi connectivity index (χ2n) is 28.6. The smallest absolute Gasteiger partial charge is 0.368 e. The molecule has 6 heterocycles. The van der Waals surface area contributed by atoms with Gasteiger partial charge in [0.2, 0.25) is 5.90 Å². The molecule has 6 aromatic heterocycles. The zero-order valence-electron chi connectivity index (χ0n) is 78.3. The van der Waals surface area contributed by atoms with Crippen LogP contribution in [0.1, 0.15) is 128 Å². The molecule has 0 bridgehead atoms. The molecule has 1 saturated carbocycles.